The number of carbonyl (C=O) groups is 4. The fourth-order valence-electron chi connectivity index (χ4n) is 11.1. The number of piperidine rings is 1. The quantitative estimate of drug-likeness (QED) is 0.121. The van der Waals surface area contributed by atoms with Gasteiger partial charge in [-0.3, -0.25) is 14.4 Å². The van der Waals surface area contributed by atoms with Crippen LogP contribution in [0.4, 0.5) is 0 Å². The highest BCUT2D eigenvalue weighted by Crippen LogP contribution is 2.39. The second-order valence-corrected chi connectivity index (χ2v) is 20.6. The molecule has 2 aromatic rings. The molecule has 1 aromatic carbocycles. The maximum atomic E-state index is 14.6. The number of aliphatic hydroxyl groups is 2. The molecule has 4 aliphatic rings. The van der Waals surface area contributed by atoms with Crippen LogP contribution in [0.2, 0.25) is 0 Å². The number of aryl methyl sites for hydroxylation is 1. The van der Waals surface area contributed by atoms with Gasteiger partial charge in [-0.05, 0) is 114 Å². The van der Waals surface area contributed by atoms with Gasteiger partial charge in [-0.25, -0.2) is 9.78 Å². The van der Waals surface area contributed by atoms with Crippen molar-refractivity contribution in [2.75, 3.05) is 27.9 Å². The molecule has 1 amide bonds. The molecule has 1 aromatic heterocycles. The lowest BCUT2D eigenvalue weighted by molar-refractivity contribution is -0.302. The molecular formula is C54H79N3O12. The molecule has 6 rings (SSSR count). The molecule has 0 radical (unpaired) electrons. The third kappa shape index (κ3) is 13.1. The maximum Gasteiger partial charge on any atom is 0.329 e. The molecule has 69 heavy (non-hydrogen) atoms. The third-order valence-electron chi connectivity index (χ3n) is 15.3. The summed E-state index contributed by atoms with van der Waals surface area (Å²) in [6.07, 6.45) is 6.32. The van der Waals surface area contributed by atoms with Crippen molar-refractivity contribution in [3.63, 3.8) is 0 Å². The molecule has 3 N–H and O–H groups in total. The summed E-state index contributed by atoms with van der Waals surface area (Å²) in [6.45, 7) is 13.7. The molecule has 2 saturated heterocycles. The summed E-state index contributed by atoms with van der Waals surface area (Å²) in [4.78, 5) is 66.5. The number of amides is 1. The van der Waals surface area contributed by atoms with Crippen molar-refractivity contribution in [1.29, 1.82) is 0 Å². The number of carbonyl (C=O) groups excluding carboxylic acids is 4. The summed E-state index contributed by atoms with van der Waals surface area (Å²) in [5.41, 5.74) is 4.81. The van der Waals surface area contributed by atoms with Crippen molar-refractivity contribution in [2.45, 2.75) is 180 Å². The Morgan fingerprint density at radius 2 is 1.67 bits per heavy atom. The summed E-state index contributed by atoms with van der Waals surface area (Å²) in [5.74, 6) is -6.82. The number of ether oxygens (including phenoxy) is 6. The normalized spacial score (nSPS) is 35.9. The predicted octanol–water partition coefficient (Wildman–Crippen LogP) is 7.40. The van der Waals surface area contributed by atoms with Crippen molar-refractivity contribution < 1.29 is 57.8 Å². The van der Waals surface area contributed by atoms with E-state index in [0.717, 1.165) is 34.6 Å². The van der Waals surface area contributed by atoms with Crippen LogP contribution in [0.1, 0.15) is 124 Å². The standard InChI is InChI=1S/C54H79N3O12/c1-11-38-23-32(3)21-33(4)24-46(65-9)50-47(66-10)26-35(6)54(63,69-50)51(60)52(61)57-20-13-12-17-41(57)53(62)68-49(36(7)42(58)28-43(38)59)34(5)25-37-18-19-44(45(27-37)64-8)67-30-48-55-29-40(56-48)39-16-14-15-31(2)22-39/h14-16,22-23,25,29,33,35-38,41-42,44-47,49-50,58,63H,11-13,17-21,24,26-28,30H2,1-10H3,(H,55,56)/b32-23+,34-25+/t33-,35+,36+,37-,38+,41-,42-,44+,45+,46-,47-,49+,50+,54+/m0/s1. The van der Waals surface area contributed by atoms with Crippen molar-refractivity contribution in [2.24, 2.45) is 29.6 Å². The number of H-pyrrole nitrogens is 1. The molecule has 382 valence electrons. The number of hydrogen-bond acceptors (Lipinski definition) is 13. The monoisotopic (exact) mass is 962 g/mol. The smallest absolute Gasteiger partial charge is 0.329 e. The minimum atomic E-state index is -2.51. The van der Waals surface area contributed by atoms with Gasteiger partial charge in [0, 0.05) is 52.0 Å². The number of Topliss-reactive ketones (excluding diaryl/α,β-unsaturated/α-hetero) is 2. The lowest BCUT2D eigenvalue weighted by Gasteiger charge is -2.47. The van der Waals surface area contributed by atoms with Gasteiger partial charge >= 0.3 is 5.97 Å². The minimum absolute atomic E-state index is 0.00368. The Kier molecular flexibility index (Phi) is 19.1. The Labute approximate surface area is 409 Å². The van der Waals surface area contributed by atoms with Crippen molar-refractivity contribution >= 4 is 23.4 Å². The Bertz CT molecular complexity index is 2140. The topological polar surface area (TPSA) is 196 Å². The number of nitrogens with zero attached hydrogens (tertiary/aromatic N) is 2. The van der Waals surface area contributed by atoms with Gasteiger partial charge in [-0.2, -0.15) is 0 Å². The number of cyclic esters (lactones) is 1. The van der Waals surface area contributed by atoms with Gasteiger partial charge in [-0.15, -0.1) is 0 Å². The fourth-order valence-corrected chi connectivity index (χ4v) is 11.1. The largest absolute Gasteiger partial charge is 0.456 e. The van der Waals surface area contributed by atoms with E-state index in [-0.39, 0.29) is 62.2 Å². The molecule has 15 heteroatoms. The molecule has 0 unspecified atom stereocenters. The predicted molar refractivity (Wildman–Crippen MR) is 259 cm³/mol. The van der Waals surface area contributed by atoms with E-state index < -0.39 is 77.8 Å². The Balaban J connectivity index is 1.26. The van der Waals surface area contributed by atoms with Gasteiger partial charge in [-0.1, -0.05) is 69.2 Å². The number of aliphatic hydroxyl groups excluding tert-OH is 1. The van der Waals surface area contributed by atoms with Crippen molar-refractivity contribution in [1.82, 2.24) is 14.9 Å². The summed E-state index contributed by atoms with van der Waals surface area (Å²) in [5, 5.41) is 24.0. The molecule has 2 bridgehead atoms. The van der Waals surface area contributed by atoms with Crippen LogP contribution in [0, 0.1) is 36.5 Å². The average Bonchev–Trinajstić information content (AvgIpc) is 3.82. The lowest BCUT2D eigenvalue weighted by Crippen LogP contribution is -2.64. The number of ketones is 2. The lowest BCUT2D eigenvalue weighted by atomic mass is 9.81. The van der Waals surface area contributed by atoms with Gasteiger partial charge < -0.3 is 48.5 Å². The van der Waals surface area contributed by atoms with Crippen LogP contribution in [0.25, 0.3) is 11.3 Å². The van der Waals surface area contributed by atoms with Crippen molar-refractivity contribution in [3.8, 4) is 11.3 Å². The number of benzene rings is 1. The second kappa shape index (κ2) is 24.4. The van der Waals surface area contributed by atoms with E-state index in [2.05, 4.69) is 42.0 Å². The number of rotatable bonds is 10. The van der Waals surface area contributed by atoms with Gasteiger partial charge in [0.1, 0.15) is 36.5 Å². The molecular weight excluding hydrogens is 883 g/mol. The fraction of sp³-hybridized carbons (Fsp3) is 0.685. The average molecular weight is 962 g/mol. The number of methoxy groups -OCH3 is 3. The number of imidazole rings is 1. The van der Waals surface area contributed by atoms with E-state index in [4.69, 9.17) is 28.4 Å². The molecule has 3 aliphatic heterocycles. The van der Waals surface area contributed by atoms with Crippen molar-refractivity contribution in [3.05, 3.63) is 65.1 Å². The SMILES string of the molecule is CC[C@@H]1/C=C(\C)C[C@H](C)C[C@H](OC)[C@H]2O[C@@](O)(C(=O)C(=O)N3CCCC[C@H]3C(=O)O[C@H](/C(C)=C/[C@@H]3CC[C@@H](OCc4ncc(-c5cccc(C)c5)[nH]4)[C@H](OC)C3)[C@H](C)[C@@H](O)CC1=O)[C@H](C)C[C@@H]2OC. The van der Waals surface area contributed by atoms with Crippen LogP contribution >= 0.6 is 0 Å². The second-order valence-electron chi connectivity index (χ2n) is 20.6. The molecule has 1 saturated carbocycles. The molecule has 0 spiro atoms. The van der Waals surface area contributed by atoms with Crippen LogP contribution in [0.15, 0.2) is 53.8 Å². The number of hydrogen-bond donors (Lipinski definition) is 3. The zero-order chi connectivity index (χ0) is 50.2. The van der Waals surface area contributed by atoms with E-state index >= 15 is 0 Å². The summed E-state index contributed by atoms with van der Waals surface area (Å²) >= 11 is 0. The van der Waals surface area contributed by atoms with Gasteiger partial charge in [0.15, 0.2) is 0 Å². The zero-order valence-corrected chi connectivity index (χ0v) is 42.6. The first-order chi connectivity index (χ1) is 32.9. The molecule has 15 nitrogen and oxygen atoms in total. The number of fused-ring (bicyclic) bond motifs is 3. The van der Waals surface area contributed by atoms with Crippen LogP contribution in [0.5, 0.6) is 0 Å². The highest BCUT2D eigenvalue weighted by atomic mass is 16.7. The minimum Gasteiger partial charge on any atom is -0.456 e. The highest BCUT2D eigenvalue weighted by Gasteiger charge is 2.56. The number of esters is 1. The van der Waals surface area contributed by atoms with Gasteiger partial charge in [0.05, 0.1) is 42.4 Å². The van der Waals surface area contributed by atoms with Crippen LogP contribution in [0.3, 0.4) is 0 Å². The van der Waals surface area contributed by atoms with Crippen LogP contribution in [-0.4, -0.2) is 131 Å². The molecule has 3 fully saturated rings. The zero-order valence-electron chi connectivity index (χ0n) is 42.6. The van der Waals surface area contributed by atoms with E-state index in [0.29, 0.717) is 50.5 Å². The molecule has 14 atom stereocenters. The molecule has 1 aliphatic carbocycles. The third-order valence-corrected chi connectivity index (χ3v) is 15.3. The van der Waals surface area contributed by atoms with E-state index in [1.165, 1.54) is 19.1 Å². The Hall–Kier alpha value is -4.09. The van der Waals surface area contributed by atoms with Gasteiger partial charge in [0.25, 0.3) is 11.7 Å². The first-order valence-corrected chi connectivity index (χ1v) is 25.2. The van der Waals surface area contributed by atoms with Crippen LogP contribution < -0.4 is 0 Å². The highest BCUT2D eigenvalue weighted by molar-refractivity contribution is 6.39. The number of aromatic nitrogens is 2. The maximum absolute atomic E-state index is 14.6. The Morgan fingerprint density at radius 1 is 0.942 bits per heavy atom. The first-order valence-electron chi connectivity index (χ1n) is 25.2. The van der Waals surface area contributed by atoms with Gasteiger partial charge in [0.2, 0.25) is 5.79 Å². The number of allylic oxidation sites excluding steroid dienone is 3. The van der Waals surface area contributed by atoms with E-state index in [9.17, 15) is 29.4 Å². The summed E-state index contributed by atoms with van der Waals surface area (Å²) in [7, 11) is 4.75. The Morgan fingerprint density at radius 3 is 2.36 bits per heavy atom. The van der Waals surface area contributed by atoms with E-state index in [1.807, 2.05) is 45.2 Å². The summed E-state index contributed by atoms with van der Waals surface area (Å²) < 4.78 is 36.9. The molecule has 4 heterocycles. The number of nitrogens with one attached hydrogen (secondary N) is 1. The number of aromatic amines is 1. The first kappa shape index (κ1) is 54.2. The van der Waals surface area contributed by atoms with E-state index in [1.54, 1.807) is 21.0 Å². The summed E-state index contributed by atoms with van der Waals surface area (Å²) in [6, 6.07) is 7.07. The van der Waals surface area contributed by atoms with Crippen LogP contribution in [-0.2, 0) is 54.2 Å².